The smallest absolute Gasteiger partial charge is 0.274 e. The molecule has 1 nitrogen and oxygen atoms in total. The molecule has 0 aliphatic heterocycles. The number of benzene rings is 1. The molecule has 0 bridgehead atoms. The molecule has 0 atom stereocenters. The number of hydrogen-bond donors (Lipinski definition) is 0. The summed E-state index contributed by atoms with van der Waals surface area (Å²) < 4.78 is 24.9. The van der Waals surface area contributed by atoms with Crippen molar-refractivity contribution < 1.29 is 13.6 Å². The average molecular weight is 196 g/mol. The Kier molecular flexibility index (Phi) is 3.51. The van der Waals surface area contributed by atoms with Crippen molar-refractivity contribution >= 4 is 11.4 Å². The Hall–Kier alpha value is -1.51. The average Bonchev–Trinajstić information content (AvgIpc) is 2.15. The van der Waals surface area contributed by atoms with E-state index in [0.717, 1.165) is 0 Å². The lowest BCUT2D eigenvalue weighted by Gasteiger charge is -2.03. The number of carbonyl (C=O) groups excluding carboxylic acids is 1. The minimum atomic E-state index is -1.79. The maximum absolute atomic E-state index is 12.5. The predicted octanol–water partition coefficient (Wildman–Crippen LogP) is 3.27. The molecule has 1 rings (SSSR count). The van der Waals surface area contributed by atoms with Crippen molar-refractivity contribution in [3.63, 3.8) is 0 Å². The lowest BCUT2D eigenvalue weighted by atomic mass is 10.0. The minimum absolute atomic E-state index is 0.182. The molecular weight excluding hydrogens is 186 g/mol. The van der Waals surface area contributed by atoms with Gasteiger partial charge in [0.05, 0.1) is 0 Å². The van der Waals surface area contributed by atoms with Gasteiger partial charge in [-0.2, -0.15) is 8.78 Å². The van der Waals surface area contributed by atoms with Gasteiger partial charge >= 0.3 is 0 Å². The summed E-state index contributed by atoms with van der Waals surface area (Å²) in [6, 6.07) is 8.21. The van der Waals surface area contributed by atoms with Gasteiger partial charge in [0.1, 0.15) is 5.78 Å². The molecule has 0 heterocycles. The van der Waals surface area contributed by atoms with Gasteiger partial charge in [-0.3, -0.25) is 4.79 Å². The molecule has 0 radical (unpaired) electrons. The lowest BCUT2D eigenvalue weighted by Crippen LogP contribution is -1.94. The Labute approximate surface area is 81.1 Å². The Morgan fingerprint density at radius 2 is 1.79 bits per heavy atom. The molecular formula is C11H10F2O. The van der Waals surface area contributed by atoms with Gasteiger partial charge in [-0.05, 0) is 12.5 Å². The quantitative estimate of drug-likeness (QED) is 0.725. The van der Waals surface area contributed by atoms with Crippen LogP contribution in [0.25, 0.3) is 5.57 Å². The number of rotatable bonds is 3. The molecule has 0 saturated heterocycles. The van der Waals surface area contributed by atoms with E-state index in [0.29, 0.717) is 5.56 Å². The number of halogens is 2. The van der Waals surface area contributed by atoms with Crippen LogP contribution >= 0.6 is 0 Å². The van der Waals surface area contributed by atoms with Gasteiger partial charge < -0.3 is 0 Å². The first-order valence-corrected chi connectivity index (χ1v) is 4.20. The Morgan fingerprint density at radius 3 is 2.21 bits per heavy atom. The maximum atomic E-state index is 12.5. The third-order valence-corrected chi connectivity index (χ3v) is 1.78. The molecule has 3 heteroatoms. The third-order valence-electron chi connectivity index (χ3n) is 1.78. The fourth-order valence-corrected chi connectivity index (χ4v) is 1.17. The number of Topliss-reactive ketones (excluding diaryl/α,β-unsaturated/α-hetero) is 1. The van der Waals surface area contributed by atoms with E-state index in [9.17, 15) is 13.6 Å². The van der Waals surface area contributed by atoms with E-state index in [1.807, 2.05) is 0 Å². The van der Waals surface area contributed by atoms with E-state index < -0.39 is 6.08 Å². The number of ketones is 1. The highest BCUT2D eigenvalue weighted by atomic mass is 19.3. The summed E-state index contributed by atoms with van der Waals surface area (Å²) in [6.45, 7) is 1.30. The van der Waals surface area contributed by atoms with Crippen LogP contribution < -0.4 is 0 Å². The Morgan fingerprint density at radius 1 is 1.21 bits per heavy atom. The third kappa shape index (κ3) is 2.76. The normalized spacial score (nSPS) is 9.64. The van der Waals surface area contributed by atoms with Crippen LogP contribution in [0.15, 0.2) is 36.4 Å². The SMILES string of the molecule is CC(=O)CC(=C(F)F)c1ccccc1. The Bertz CT molecular complexity index is 351. The van der Waals surface area contributed by atoms with Crippen LogP contribution in [-0.4, -0.2) is 5.78 Å². The second kappa shape index (κ2) is 4.65. The van der Waals surface area contributed by atoms with Crippen molar-refractivity contribution in [3.8, 4) is 0 Å². The summed E-state index contributed by atoms with van der Waals surface area (Å²) in [5, 5.41) is 0. The summed E-state index contributed by atoms with van der Waals surface area (Å²) in [5.41, 5.74) is 0.223. The molecule has 0 saturated carbocycles. The fourth-order valence-electron chi connectivity index (χ4n) is 1.17. The van der Waals surface area contributed by atoms with Gasteiger partial charge in [-0.15, -0.1) is 0 Å². The zero-order chi connectivity index (χ0) is 10.6. The zero-order valence-corrected chi connectivity index (χ0v) is 7.76. The van der Waals surface area contributed by atoms with E-state index in [4.69, 9.17) is 0 Å². The number of allylic oxidation sites excluding steroid dienone is 1. The zero-order valence-electron chi connectivity index (χ0n) is 7.76. The molecule has 14 heavy (non-hydrogen) atoms. The molecule has 1 aromatic carbocycles. The van der Waals surface area contributed by atoms with E-state index in [2.05, 4.69) is 0 Å². The second-order valence-corrected chi connectivity index (χ2v) is 2.98. The van der Waals surface area contributed by atoms with Crippen LogP contribution in [0, 0.1) is 0 Å². The molecule has 0 aliphatic rings. The summed E-state index contributed by atoms with van der Waals surface area (Å²) in [5.74, 6) is -0.267. The number of hydrogen-bond acceptors (Lipinski definition) is 1. The van der Waals surface area contributed by atoms with Crippen molar-refractivity contribution in [2.24, 2.45) is 0 Å². The van der Waals surface area contributed by atoms with Gasteiger partial charge in [0.2, 0.25) is 0 Å². The highest BCUT2D eigenvalue weighted by Crippen LogP contribution is 2.23. The van der Waals surface area contributed by atoms with Gasteiger partial charge in [0.25, 0.3) is 6.08 Å². The predicted molar refractivity (Wildman–Crippen MR) is 50.9 cm³/mol. The second-order valence-electron chi connectivity index (χ2n) is 2.98. The van der Waals surface area contributed by atoms with E-state index in [1.165, 1.54) is 6.92 Å². The van der Waals surface area contributed by atoms with Crippen LogP contribution in [0.5, 0.6) is 0 Å². The van der Waals surface area contributed by atoms with Crippen molar-refractivity contribution in [1.29, 1.82) is 0 Å². The van der Waals surface area contributed by atoms with Crippen molar-refractivity contribution in [1.82, 2.24) is 0 Å². The first-order valence-electron chi connectivity index (χ1n) is 4.20. The molecule has 0 fully saturated rings. The van der Waals surface area contributed by atoms with Gasteiger partial charge in [0.15, 0.2) is 0 Å². The minimum Gasteiger partial charge on any atom is -0.300 e. The van der Waals surface area contributed by atoms with Gasteiger partial charge in [-0.25, -0.2) is 0 Å². The summed E-state index contributed by atoms with van der Waals surface area (Å²) >= 11 is 0. The first-order chi connectivity index (χ1) is 6.61. The summed E-state index contributed by atoms with van der Waals surface area (Å²) in [6.07, 6.45) is -2.00. The highest BCUT2D eigenvalue weighted by Gasteiger charge is 2.10. The van der Waals surface area contributed by atoms with Crippen molar-refractivity contribution in [2.45, 2.75) is 13.3 Å². The van der Waals surface area contributed by atoms with E-state index >= 15 is 0 Å². The van der Waals surface area contributed by atoms with Crippen LogP contribution in [-0.2, 0) is 4.79 Å². The molecule has 0 N–H and O–H groups in total. The summed E-state index contributed by atoms with van der Waals surface area (Å²) in [4.78, 5) is 10.8. The molecule has 0 unspecified atom stereocenters. The molecule has 0 amide bonds. The fraction of sp³-hybridized carbons (Fsp3) is 0.182. The highest BCUT2D eigenvalue weighted by molar-refractivity contribution is 5.88. The summed E-state index contributed by atoms with van der Waals surface area (Å²) in [7, 11) is 0. The topological polar surface area (TPSA) is 17.1 Å². The molecule has 0 aliphatic carbocycles. The first kappa shape index (κ1) is 10.6. The van der Waals surface area contributed by atoms with Crippen LogP contribution in [0.2, 0.25) is 0 Å². The molecule has 74 valence electrons. The largest absolute Gasteiger partial charge is 0.300 e. The molecule has 1 aromatic rings. The van der Waals surface area contributed by atoms with Crippen LogP contribution in [0.4, 0.5) is 8.78 Å². The standard InChI is InChI=1S/C11H10F2O/c1-8(14)7-10(11(12)13)9-5-3-2-4-6-9/h2-6H,7H2,1H3. The van der Waals surface area contributed by atoms with Crippen LogP contribution in [0.1, 0.15) is 18.9 Å². The maximum Gasteiger partial charge on any atom is 0.274 e. The van der Waals surface area contributed by atoms with Crippen LogP contribution in [0.3, 0.4) is 0 Å². The Balaban J connectivity index is 3.03. The van der Waals surface area contributed by atoms with Gasteiger partial charge in [0, 0.05) is 12.0 Å². The molecule has 0 aromatic heterocycles. The van der Waals surface area contributed by atoms with Crippen molar-refractivity contribution in [3.05, 3.63) is 42.0 Å². The van der Waals surface area contributed by atoms with Crippen molar-refractivity contribution in [2.75, 3.05) is 0 Å². The van der Waals surface area contributed by atoms with E-state index in [-0.39, 0.29) is 17.8 Å². The number of carbonyl (C=O) groups is 1. The van der Waals surface area contributed by atoms with Gasteiger partial charge in [-0.1, -0.05) is 30.3 Å². The molecule has 0 spiro atoms. The monoisotopic (exact) mass is 196 g/mol. The van der Waals surface area contributed by atoms with E-state index in [1.54, 1.807) is 30.3 Å². The lowest BCUT2D eigenvalue weighted by molar-refractivity contribution is -0.116.